The van der Waals surface area contributed by atoms with Crippen molar-refractivity contribution in [3.63, 3.8) is 0 Å². The Balaban J connectivity index is 2.51. The third-order valence-corrected chi connectivity index (χ3v) is 1.93. The smallest absolute Gasteiger partial charge is 0.152 e. The number of hydrogen-bond acceptors (Lipinski definition) is 3. The summed E-state index contributed by atoms with van der Waals surface area (Å²) in [6.07, 6.45) is 3.81. The molecule has 0 spiro atoms. The van der Waals surface area contributed by atoms with Gasteiger partial charge in [-0.1, -0.05) is 13.8 Å². The number of nitrogens with two attached hydrogens (primary N) is 1. The maximum Gasteiger partial charge on any atom is 0.152 e. The van der Waals surface area contributed by atoms with Gasteiger partial charge < -0.3 is 10.7 Å². The second kappa shape index (κ2) is 4.18. The average molecular weight is 181 g/mol. The quantitative estimate of drug-likeness (QED) is 0.710. The maximum absolute atomic E-state index is 11.4. The molecule has 0 saturated carbocycles. The van der Waals surface area contributed by atoms with E-state index in [2.05, 4.69) is 9.97 Å². The molecule has 0 bridgehead atoms. The van der Waals surface area contributed by atoms with Gasteiger partial charge in [-0.2, -0.15) is 0 Å². The highest BCUT2D eigenvalue weighted by molar-refractivity contribution is 5.85. The van der Waals surface area contributed by atoms with Gasteiger partial charge in [-0.3, -0.25) is 4.79 Å². The summed E-state index contributed by atoms with van der Waals surface area (Å²) in [5.41, 5.74) is 6.62. The number of carbonyl (C=O) groups excluding carboxylic acids is 1. The van der Waals surface area contributed by atoms with E-state index in [0.717, 1.165) is 5.69 Å². The van der Waals surface area contributed by atoms with E-state index in [1.165, 1.54) is 0 Å². The minimum absolute atomic E-state index is 0.00192. The average Bonchev–Trinajstić information content (AvgIpc) is 2.55. The van der Waals surface area contributed by atoms with Gasteiger partial charge in [0.2, 0.25) is 0 Å². The molecular formula is C9H15N3O. The number of nitrogens with zero attached hydrogens (tertiary/aromatic N) is 1. The first-order valence-corrected chi connectivity index (χ1v) is 4.38. The number of nitrogens with one attached hydrogen (secondary N) is 1. The number of ketones is 1. The molecule has 3 N–H and O–H groups in total. The Bertz CT molecular complexity index is 266. The van der Waals surface area contributed by atoms with E-state index in [4.69, 9.17) is 5.73 Å². The Morgan fingerprint density at radius 2 is 2.38 bits per heavy atom. The first-order chi connectivity index (χ1) is 6.11. The summed E-state index contributed by atoms with van der Waals surface area (Å²) in [5.74, 6) is 0.0903. The molecule has 4 nitrogen and oxygen atoms in total. The highest BCUT2D eigenvalue weighted by Gasteiger charge is 2.17. The molecule has 0 aliphatic rings. The molecule has 4 heteroatoms. The molecule has 72 valence electrons. The van der Waals surface area contributed by atoms with Crippen molar-refractivity contribution in [3.05, 3.63) is 18.2 Å². The van der Waals surface area contributed by atoms with Crippen LogP contribution in [0.3, 0.4) is 0 Å². The van der Waals surface area contributed by atoms with Gasteiger partial charge >= 0.3 is 0 Å². The van der Waals surface area contributed by atoms with E-state index in [0.29, 0.717) is 6.42 Å². The zero-order chi connectivity index (χ0) is 9.84. The van der Waals surface area contributed by atoms with Crippen molar-refractivity contribution in [1.29, 1.82) is 0 Å². The van der Waals surface area contributed by atoms with Crippen molar-refractivity contribution in [1.82, 2.24) is 9.97 Å². The van der Waals surface area contributed by atoms with Gasteiger partial charge in [-0.25, -0.2) is 4.98 Å². The van der Waals surface area contributed by atoms with Gasteiger partial charge in [-0.15, -0.1) is 0 Å². The zero-order valence-electron chi connectivity index (χ0n) is 7.95. The number of Topliss-reactive ketones (excluding diaryl/α,β-unsaturated/α-hetero) is 1. The summed E-state index contributed by atoms with van der Waals surface area (Å²) in [6.45, 7) is 3.71. The highest BCUT2D eigenvalue weighted by atomic mass is 16.1. The van der Waals surface area contributed by atoms with E-state index in [1.54, 1.807) is 12.5 Å². The molecule has 0 aliphatic carbocycles. The second-order valence-corrected chi connectivity index (χ2v) is 3.44. The van der Waals surface area contributed by atoms with Crippen LogP contribution in [0.4, 0.5) is 0 Å². The maximum atomic E-state index is 11.4. The SMILES string of the molecule is CC(C)C(=O)[C@@H](N)Cc1cnc[nH]1. The molecule has 0 radical (unpaired) electrons. The van der Waals surface area contributed by atoms with Gasteiger partial charge in [0.1, 0.15) is 0 Å². The molecule has 1 aromatic rings. The predicted molar refractivity (Wildman–Crippen MR) is 50.1 cm³/mol. The molecule has 1 aromatic heterocycles. The van der Waals surface area contributed by atoms with Gasteiger partial charge in [0.25, 0.3) is 0 Å². The van der Waals surface area contributed by atoms with Gasteiger partial charge in [0.05, 0.1) is 12.4 Å². The fraction of sp³-hybridized carbons (Fsp3) is 0.556. The van der Waals surface area contributed by atoms with Crippen molar-refractivity contribution in [2.45, 2.75) is 26.3 Å². The Kier molecular flexibility index (Phi) is 3.19. The standard InChI is InChI=1S/C9H15N3O/c1-6(2)9(13)8(10)3-7-4-11-5-12-7/h4-6,8H,3,10H2,1-2H3,(H,11,12)/t8-/m0/s1. The van der Waals surface area contributed by atoms with Crippen LogP contribution in [-0.4, -0.2) is 21.8 Å². The third kappa shape index (κ3) is 2.66. The zero-order valence-corrected chi connectivity index (χ0v) is 7.95. The lowest BCUT2D eigenvalue weighted by molar-refractivity contribution is -0.123. The van der Waals surface area contributed by atoms with Crippen molar-refractivity contribution in [2.24, 2.45) is 11.7 Å². The molecule has 0 aliphatic heterocycles. The van der Waals surface area contributed by atoms with Crippen molar-refractivity contribution >= 4 is 5.78 Å². The predicted octanol–water partition coefficient (Wildman–Crippen LogP) is 0.505. The summed E-state index contributed by atoms with van der Waals surface area (Å²) in [5, 5.41) is 0. The molecule has 0 unspecified atom stereocenters. The molecule has 13 heavy (non-hydrogen) atoms. The lowest BCUT2D eigenvalue weighted by atomic mass is 9.99. The summed E-state index contributed by atoms with van der Waals surface area (Å²) in [7, 11) is 0. The largest absolute Gasteiger partial charge is 0.348 e. The Labute approximate surface area is 77.6 Å². The number of H-pyrrole nitrogens is 1. The van der Waals surface area contributed by atoms with Crippen LogP contribution in [0.1, 0.15) is 19.5 Å². The minimum atomic E-state index is -0.416. The fourth-order valence-corrected chi connectivity index (χ4v) is 1.16. The van der Waals surface area contributed by atoms with Crippen LogP contribution < -0.4 is 5.73 Å². The van der Waals surface area contributed by atoms with Crippen LogP contribution >= 0.6 is 0 Å². The van der Waals surface area contributed by atoms with Gasteiger partial charge in [-0.05, 0) is 0 Å². The molecule has 1 atom stereocenters. The topological polar surface area (TPSA) is 71.8 Å². The van der Waals surface area contributed by atoms with Crippen molar-refractivity contribution in [3.8, 4) is 0 Å². The number of aromatic nitrogens is 2. The lowest BCUT2D eigenvalue weighted by Crippen LogP contribution is -2.35. The number of hydrogen-bond donors (Lipinski definition) is 2. The molecule has 0 amide bonds. The van der Waals surface area contributed by atoms with E-state index < -0.39 is 6.04 Å². The van der Waals surface area contributed by atoms with E-state index >= 15 is 0 Å². The van der Waals surface area contributed by atoms with E-state index in [9.17, 15) is 4.79 Å². The molecule has 0 fully saturated rings. The normalized spacial score (nSPS) is 13.2. The van der Waals surface area contributed by atoms with Crippen LogP contribution in [0, 0.1) is 5.92 Å². The van der Waals surface area contributed by atoms with Crippen LogP contribution in [0.25, 0.3) is 0 Å². The molecule has 1 heterocycles. The molecule has 0 aromatic carbocycles. The van der Waals surface area contributed by atoms with Crippen LogP contribution in [0.2, 0.25) is 0 Å². The highest BCUT2D eigenvalue weighted by Crippen LogP contribution is 2.03. The Morgan fingerprint density at radius 3 is 2.85 bits per heavy atom. The van der Waals surface area contributed by atoms with Crippen molar-refractivity contribution < 1.29 is 4.79 Å². The monoisotopic (exact) mass is 181 g/mol. The molecule has 1 rings (SSSR count). The van der Waals surface area contributed by atoms with Gasteiger partial charge in [0, 0.05) is 24.2 Å². The van der Waals surface area contributed by atoms with E-state index in [-0.39, 0.29) is 11.7 Å². The third-order valence-electron chi connectivity index (χ3n) is 1.93. The lowest BCUT2D eigenvalue weighted by Gasteiger charge is -2.11. The summed E-state index contributed by atoms with van der Waals surface area (Å²) in [6, 6.07) is -0.416. The number of carbonyl (C=O) groups is 1. The van der Waals surface area contributed by atoms with Crippen LogP contribution in [0.15, 0.2) is 12.5 Å². The summed E-state index contributed by atoms with van der Waals surface area (Å²) >= 11 is 0. The van der Waals surface area contributed by atoms with Crippen molar-refractivity contribution in [2.75, 3.05) is 0 Å². The molecular weight excluding hydrogens is 166 g/mol. The summed E-state index contributed by atoms with van der Waals surface area (Å²) in [4.78, 5) is 18.2. The first kappa shape index (κ1) is 9.92. The van der Waals surface area contributed by atoms with Gasteiger partial charge in [0.15, 0.2) is 5.78 Å². The summed E-state index contributed by atoms with van der Waals surface area (Å²) < 4.78 is 0. The minimum Gasteiger partial charge on any atom is -0.348 e. The Morgan fingerprint density at radius 1 is 1.69 bits per heavy atom. The van der Waals surface area contributed by atoms with Crippen LogP contribution in [0.5, 0.6) is 0 Å². The number of rotatable bonds is 4. The van der Waals surface area contributed by atoms with Crippen LogP contribution in [-0.2, 0) is 11.2 Å². The Hall–Kier alpha value is -1.16. The number of imidazole rings is 1. The van der Waals surface area contributed by atoms with E-state index in [1.807, 2.05) is 13.8 Å². The first-order valence-electron chi connectivity index (χ1n) is 4.38. The number of aromatic amines is 1. The fourth-order valence-electron chi connectivity index (χ4n) is 1.16. The second-order valence-electron chi connectivity index (χ2n) is 3.44. The molecule has 0 saturated heterocycles.